The number of hydrogen-bond donors (Lipinski definition) is 0. The van der Waals surface area contributed by atoms with E-state index in [0.29, 0.717) is 0 Å². The molecule has 0 aliphatic carbocycles. The van der Waals surface area contributed by atoms with Crippen molar-refractivity contribution < 1.29 is 4.57 Å². The van der Waals surface area contributed by atoms with E-state index in [-0.39, 0.29) is 0 Å². The Kier molecular flexibility index (Phi) is 29.4. The van der Waals surface area contributed by atoms with Crippen molar-refractivity contribution in [1.29, 1.82) is 0 Å². The van der Waals surface area contributed by atoms with E-state index in [1.54, 1.807) is 11.1 Å². The Balaban J connectivity index is 2.34. The molecule has 0 aliphatic rings. The summed E-state index contributed by atoms with van der Waals surface area (Å²) in [6, 6.07) is 2.56. The molecular formula is C41H78N+. The van der Waals surface area contributed by atoms with E-state index < -0.39 is 0 Å². The summed E-state index contributed by atoms with van der Waals surface area (Å²) in [5.74, 6) is 0. The van der Waals surface area contributed by atoms with E-state index in [9.17, 15) is 0 Å². The molecule has 246 valence electrons. The Morgan fingerprint density at radius 3 is 0.905 bits per heavy atom. The summed E-state index contributed by atoms with van der Waals surface area (Å²) in [6.07, 6.45) is 50.3. The highest BCUT2D eigenvalue weighted by atomic mass is 14.9. The third kappa shape index (κ3) is 25.6. The standard InChI is InChI=1S/C41H78N/c1-4-7-10-13-16-19-20-21-24-27-30-33-36-42-38-40(34-31-28-25-22-17-14-11-8-5-2)37-41(39-42)35-32-29-26-23-18-15-12-9-6-3/h37-39H,4-36H2,1-3H3/q+1. The summed E-state index contributed by atoms with van der Waals surface area (Å²) in [7, 11) is 0. The molecule has 1 nitrogen and oxygen atoms in total. The lowest BCUT2D eigenvalue weighted by molar-refractivity contribution is -0.698. The fourth-order valence-corrected chi connectivity index (χ4v) is 6.59. The van der Waals surface area contributed by atoms with Crippen LogP contribution in [0.4, 0.5) is 0 Å². The monoisotopic (exact) mass is 585 g/mol. The molecule has 1 heterocycles. The van der Waals surface area contributed by atoms with Crippen molar-refractivity contribution in [1.82, 2.24) is 0 Å². The molecule has 0 aliphatic heterocycles. The van der Waals surface area contributed by atoms with Crippen molar-refractivity contribution in [3.8, 4) is 0 Å². The highest BCUT2D eigenvalue weighted by Gasteiger charge is 2.09. The number of aromatic nitrogens is 1. The number of rotatable bonds is 33. The summed E-state index contributed by atoms with van der Waals surface area (Å²) in [5, 5.41) is 0. The van der Waals surface area contributed by atoms with Gasteiger partial charge < -0.3 is 0 Å². The van der Waals surface area contributed by atoms with E-state index >= 15 is 0 Å². The molecular weight excluding hydrogens is 506 g/mol. The number of hydrogen-bond acceptors (Lipinski definition) is 0. The van der Waals surface area contributed by atoms with Gasteiger partial charge >= 0.3 is 0 Å². The molecule has 0 fully saturated rings. The average molecular weight is 585 g/mol. The van der Waals surface area contributed by atoms with Gasteiger partial charge in [0, 0.05) is 17.5 Å². The smallest absolute Gasteiger partial charge is 0.171 e. The van der Waals surface area contributed by atoms with Crippen LogP contribution in [0.25, 0.3) is 0 Å². The molecule has 42 heavy (non-hydrogen) atoms. The number of nitrogens with zero attached hydrogens (tertiary/aromatic N) is 1. The molecule has 1 heteroatoms. The molecule has 1 aromatic rings. The Bertz CT molecular complexity index is 625. The Morgan fingerprint density at radius 1 is 0.333 bits per heavy atom. The Labute approximate surface area is 266 Å². The number of aryl methyl sites for hydroxylation is 3. The Morgan fingerprint density at radius 2 is 0.595 bits per heavy atom. The van der Waals surface area contributed by atoms with Gasteiger partial charge in [-0.15, -0.1) is 0 Å². The number of pyridine rings is 1. The molecule has 0 unspecified atom stereocenters. The van der Waals surface area contributed by atoms with Crippen LogP contribution in [0.15, 0.2) is 18.5 Å². The molecule has 1 aromatic heterocycles. The van der Waals surface area contributed by atoms with Crippen molar-refractivity contribution >= 4 is 0 Å². The minimum Gasteiger partial charge on any atom is -0.205 e. The minimum atomic E-state index is 1.22. The second-order valence-corrected chi connectivity index (χ2v) is 13.8. The van der Waals surface area contributed by atoms with Gasteiger partial charge in [-0.2, -0.15) is 0 Å². The second-order valence-electron chi connectivity index (χ2n) is 13.8. The fraction of sp³-hybridized carbons (Fsp3) is 0.878. The molecule has 0 saturated carbocycles. The predicted molar refractivity (Wildman–Crippen MR) is 190 cm³/mol. The van der Waals surface area contributed by atoms with Gasteiger partial charge in [-0.3, -0.25) is 0 Å². The van der Waals surface area contributed by atoms with E-state index in [1.165, 1.54) is 212 Å². The van der Waals surface area contributed by atoms with Crippen LogP contribution < -0.4 is 4.57 Å². The summed E-state index contributed by atoms with van der Waals surface area (Å²) in [5.41, 5.74) is 3.20. The molecule has 0 radical (unpaired) electrons. The van der Waals surface area contributed by atoms with E-state index in [0.717, 1.165) is 0 Å². The molecule has 0 bridgehead atoms. The summed E-state index contributed by atoms with van der Waals surface area (Å²) in [6.45, 7) is 8.15. The minimum absolute atomic E-state index is 1.22. The van der Waals surface area contributed by atoms with Crippen LogP contribution in [0.3, 0.4) is 0 Å². The molecule has 0 spiro atoms. The van der Waals surface area contributed by atoms with Crippen molar-refractivity contribution in [3.05, 3.63) is 29.6 Å². The van der Waals surface area contributed by atoms with Crippen LogP contribution in [-0.2, 0) is 19.4 Å². The molecule has 0 aromatic carbocycles. The van der Waals surface area contributed by atoms with Gasteiger partial charge in [0.2, 0.25) is 0 Å². The predicted octanol–water partition coefficient (Wildman–Crippen LogP) is 13.8. The van der Waals surface area contributed by atoms with Crippen LogP contribution in [-0.4, -0.2) is 0 Å². The largest absolute Gasteiger partial charge is 0.205 e. The second kappa shape index (κ2) is 31.6. The van der Waals surface area contributed by atoms with Crippen molar-refractivity contribution in [2.75, 3.05) is 0 Å². The lowest BCUT2D eigenvalue weighted by Crippen LogP contribution is -2.34. The van der Waals surface area contributed by atoms with Crippen LogP contribution in [0, 0.1) is 0 Å². The van der Waals surface area contributed by atoms with Crippen LogP contribution in [0.2, 0.25) is 0 Å². The van der Waals surface area contributed by atoms with Gasteiger partial charge in [0.1, 0.15) is 6.54 Å². The maximum atomic E-state index is 2.57. The maximum Gasteiger partial charge on any atom is 0.171 e. The number of unbranched alkanes of at least 4 members (excludes halogenated alkanes) is 27. The van der Waals surface area contributed by atoms with Crippen molar-refractivity contribution in [2.45, 2.75) is 233 Å². The first-order chi connectivity index (χ1) is 20.8. The molecule has 0 N–H and O–H groups in total. The van der Waals surface area contributed by atoms with Crippen LogP contribution in [0.5, 0.6) is 0 Å². The molecule has 0 atom stereocenters. The lowest BCUT2D eigenvalue weighted by atomic mass is 10.0. The third-order valence-corrected chi connectivity index (χ3v) is 9.44. The van der Waals surface area contributed by atoms with Gasteiger partial charge in [0.25, 0.3) is 0 Å². The van der Waals surface area contributed by atoms with E-state index in [1.807, 2.05) is 0 Å². The highest BCUT2D eigenvalue weighted by Crippen LogP contribution is 2.16. The first kappa shape index (κ1) is 39.2. The summed E-state index contributed by atoms with van der Waals surface area (Å²) in [4.78, 5) is 0. The summed E-state index contributed by atoms with van der Waals surface area (Å²) >= 11 is 0. The van der Waals surface area contributed by atoms with Gasteiger partial charge in [0.15, 0.2) is 12.4 Å². The van der Waals surface area contributed by atoms with Crippen LogP contribution in [0.1, 0.15) is 225 Å². The first-order valence-corrected chi connectivity index (χ1v) is 19.8. The zero-order chi connectivity index (χ0) is 30.2. The van der Waals surface area contributed by atoms with Gasteiger partial charge in [0.05, 0.1) is 0 Å². The topological polar surface area (TPSA) is 3.88 Å². The first-order valence-electron chi connectivity index (χ1n) is 19.8. The zero-order valence-corrected chi connectivity index (χ0v) is 29.5. The van der Waals surface area contributed by atoms with Gasteiger partial charge in [-0.25, -0.2) is 4.57 Å². The van der Waals surface area contributed by atoms with E-state index in [2.05, 4.69) is 43.8 Å². The normalized spacial score (nSPS) is 11.5. The fourth-order valence-electron chi connectivity index (χ4n) is 6.59. The quantitative estimate of drug-likeness (QED) is 0.0571. The van der Waals surface area contributed by atoms with Crippen molar-refractivity contribution in [2.24, 2.45) is 0 Å². The third-order valence-electron chi connectivity index (χ3n) is 9.44. The van der Waals surface area contributed by atoms with Gasteiger partial charge in [-0.1, -0.05) is 188 Å². The lowest BCUT2D eigenvalue weighted by Gasteiger charge is -2.07. The SMILES string of the molecule is CCCCCCCCCCCCCC[n+]1cc(CCCCCCCCCCC)cc(CCCCCCCCCCC)c1. The van der Waals surface area contributed by atoms with Crippen molar-refractivity contribution in [3.63, 3.8) is 0 Å². The zero-order valence-electron chi connectivity index (χ0n) is 29.5. The van der Waals surface area contributed by atoms with E-state index in [4.69, 9.17) is 0 Å². The molecule has 0 amide bonds. The van der Waals surface area contributed by atoms with Gasteiger partial charge in [-0.05, 0) is 38.2 Å². The summed E-state index contributed by atoms with van der Waals surface area (Å²) < 4.78 is 2.57. The molecule has 1 rings (SSSR count). The molecule has 0 saturated heterocycles. The Hall–Kier alpha value is -0.850. The van der Waals surface area contributed by atoms with Crippen LogP contribution >= 0.6 is 0 Å². The highest BCUT2D eigenvalue weighted by molar-refractivity contribution is 5.15. The maximum absolute atomic E-state index is 2.57. The average Bonchev–Trinajstić information content (AvgIpc) is 3.00.